The molecule has 0 aromatic rings. The van der Waals surface area contributed by atoms with Crippen LogP contribution in [-0.2, 0) is 0 Å². The second kappa shape index (κ2) is 1.84. The Hall–Kier alpha value is -1.02. The molecule has 1 saturated carbocycles. The van der Waals surface area contributed by atoms with Crippen molar-refractivity contribution in [1.29, 1.82) is 10.5 Å². The van der Waals surface area contributed by atoms with Crippen LogP contribution in [0.1, 0.15) is 12.8 Å². The zero-order valence-corrected chi connectivity index (χ0v) is 4.46. The van der Waals surface area contributed by atoms with Gasteiger partial charge >= 0.3 is 0 Å². The van der Waals surface area contributed by atoms with E-state index in [9.17, 15) is 0 Å². The third-order valence-corrected chi connectivity index (χ3v) is 1.61. The highest BCUT2D eigenvalue weighted by molar-refractivity contribution is 5.04. The molecular weight excluding hydrogens is 100 g/mol. The fraction of sp³-hybridized carbons (Fsp3) is 0.667. The summed E-state index contributed by atoms with van der Waals surface area (Å²) < 4.78 is 0. The molecule has 8 heavy (non-hydrogen) atoms. The fourth-order valence-electron chi connectivity index (χ4n) is 0.809. The zero-order chi connectivity index (χ0) is 5.98. The maximum atomic E-state index is 8.29. The average Bonchev–Trinajstić information content (AvgIpc) is 1.66. The number of nitriles is 2. The molecule has 0 heterocycles. The lowest BCUT2D eigenvalue weighted by atomic mass is 9.76. The highest BCUT2D eigenvalue weighted by Crippen LogP contribution is 2.32. The molecule has 2 atom stereocenters. The first-order chi connectivity index (χ1) is 3.88. The van der Waals surface area contributed by atoms with Crippen molar-refractivity contribution in [2.75, 3.05) is 0 Å². The molecule has 2 heteroatoms. The van der Waals surface area contributed by atoms with Crippen LogP contribution in [0.15, 0.2) is 0 Å². The highest BCUT2D eigenvalue weighted by Gasteiger charge is 2.30. The summed E-state index contributed by atoms with van der Waals surface area (Å²) >= 11 is 0. The minimum absolute atomic E-state index is 0.0417. The highest BCUT2D eigenvalue weighted by atomic mass is 14.4. The van der Waals surface area contributed by atoms with E-state index in [0.29, 0.717) is 0 Å². The van der Waals surface area contributed by atoms with Crippen LogP contribution < -0.4 is 0 Å². The lowest BCUT2D eigenvalue weighted by Crippen LogP contribution is -2.22. The summed E-state index contributed by atoms with van der Waals surface area (Å²) in [6.07, 6.45) is 1.85. The van der Waals surface area contributed by atoms with E-state index in [4.69, 9.17) is 10.5 Å². The molecule has 1 rings (SSSR count). The van der Waals surface area contributed by atoms with Crippen LogP contribution in [0, 0.1) is 34.5 Å². The summed E-state index contributed by atoms with van der Waals surface area (Å²) in [6.45, 7) is 0. The van der Waals surface area contributed by atoms with Gasteiger partial charge in [0.15, 0.2) is 0 Å². The number of hydrogen-bond acceptors (Lipinski definition) is 2. The summed E-state index contributed by atoms with van der Waals surface area (Å²) in [7, 11) is 0. The quantitative estimate of drug-likeness (QED) is 0.463. The Kier molecular flexibility index (Phi) is 1.18. The first-order valence-electron chi connectivity index (χ1n) is 2.67. The molecule has 2 nitrogen and oxygen atoms in total. The minimum Gasteiger partial charge on any atom is -0.198 e. The lowest BCUT2D eigenvalue weighted by Gasteiger charge is -2.24. The van der Waals surface area contributed by atoms with Gasteiger partial charge in [-0.05, 0) is 12.8 Å². The Bertz CT molecular complexity index is 140. The molecule has 40 valence electrons. The van der Waals surface area contributed by atoms with Gasteiger partial charge in [-0.15, -0.1) is 0 Å². The fourth-order valence-corrected chi connectivity index (χ4v) is 0.809. The minimum atomic E-state index is 0.0417. The van der Waals surface area contributed by atoms with Crippen molar-refractivity contribution in [2.24, 2.45) is 11.8 Å². The number of nitrogens with zero attached hydrogens (tertiary/aromatic N) is 2. The van der Waals surface area contributed by atoms with Gasteiger partial charge in [-0.2, -0.15) is 10.5 Å². The third kappa shape index (κ3) is 0.550. The summed E-state index contributed by atoms with van der Waals surface area (Å²) in [5.74, 6) is 0.0833. The summed E-state index contributed by atoms with van der Waals surface area (Å²) in [5.41, 5.74) is 0. The van der Waals surface area contributed by atoms with E-state index in [0.717, 1.165) is 12.8 Å². The normalized spacial score (nSPS) is 34.2. The van der Waals surface area contributed by atoms with Crippen molar-refractivity contribution in [1.82, 2.24) is 0 Å². The Morgan fingerprint density at radius 1 is 1.00 bits per heavy atom. The van der Waals surface area contributed by atoms with E-state index >= 15 is 0 Å². The first kappa shape index (κ1) is 5.12. The van der Waals surface area contributed by atoms with Crippen LogP contribution in [0.5, 0.6) is 0 Å². The SMILES string of the molecule is N#C[C@@H]1CC[C@H]1C#N. The summed E-state index contributed by atoms with van der Waals surface area (Å²) in [5, 5.41) is 16.6. The topological polar surface area (TPSA) is 47.6 Å². The van der Waals surface area contributed by atoms with Crippen LogP contribution in [0.25, 0.3) is 0 Å². The predicted molar refractivity (Wildman–Crippen MR) is 27.4 cm³/mol. The van der Waals surface area contributed by atoms with Crippen molar-refractivity contribution in [3.05, 3.63) is 0 Å². The van der Waals surface area contributed by atoms with E-state index in [1.807, 2.05) is 0 Å². The Morgan fingerprint density at radius 2 is 1.38 bits per heavy atom. The van der Waals surface area contributed by atoms with Gasteiger partial charge in [-0.1, -0.05) is 0 Å². The average molecular weight is 106 g/mol. The van der Waals surface area contributed by atoms with Crippen LogP contribution in [0.3, 0.4) is 0 Å². The molecular formula is C6H6N2. The molecule has 0 spiro atoms. The third-order valence-electron chi connectivity index (χ3n) is 1.61. The van der Waals surface area contributed by atoms with Gasteiger partial charge in [0.1, 0.15) is 0 Å². The Labute approximate surface area is 48.3 Å². The Balaban J connectivity index is 2.44. The monoisotopic (exact) mass is 106 g/mol. The molecule has 0 amide bonds. The maximum absolute atomic E-state index is 8.29. The first-order valence-corrected chi connectivity index (χ1v) is 2.67. The zero-order valence-electron chi connectivity index (χ0n) is 4.46. The molecule has 0 bridgehead atoms. The van der Waals surface area contributed by atoms with Crippen molar-refractivity contribution >= 4 is 0 Å². The molecule has 0 aliphatic heterocycles. The van der Waals surface area contributed by atoms with Crippen molar-refractivity contribution < 1.29 is 0 Å². The molecule has 0 N–H and O–H groups in total. The molecule has 0 radical (unpaired) electrons. The molecule has 0 unspecified atom stereocenters. The molecule has 1 fully saturated rings. The van der Waals surface area contributed by atoms with Gasteiger partial charge < -0.3 is 0 Å². The van der Waals surface area contributed by atoms with Crippen molar-refractivity contribution in [3.8, 4) is 12.1 Å². The molecule has 0 aromatic carbocycles. The second-order valence-electron chi connectivity index (χ2n) is 2.05. The predicted octanol–water partition coefficient (Wildman–Crippen LogP) is 1.06. The molecule has 1 aliphatic rings. The van der Waals surface area contributed by atoms with Crippen LogP contribution >= 0.6 is 0 Å². The van der Waals surface area contributed by atoms with E-state index in [2.05, 4.69) is 12.1 Å². The molecule has 1 aliphatic carbocycles. The lowest BCUT2D eigenvalue weighted by molar-refractivity contribution is 0.303. The molecule has 0 saturated heterocycles. The van der Waals surface area contributed by atoms with E-state index < -0.39 is 0 Å². The largest absolute Gasteiger partial charge is 0.198 e. The van der Waals surface area contributed by atoms with Crippen molar-refractivity contribution in [2.45, 2.75) is 12.8 Å². The Morgan fingerprint density at radius 3 is 1.50 bits per heavy atom. The smallest absolute Gasteiger partial charge is 0.0669 e. The van der Waals surface area contributed by atoms with Crippen LogP contribution in [0.2, 0.25) is 0 Å². The van der Waals surface area contributed by atoms with Gasteiger partial charge in [0.05, 0.1) is 24.0 Å². The number of hydrogen-bond donors (Lipinski definition) is 0. The van der Waals surface area contributed by atoms with E-state index in [1.54, 1.807) is 0 Å². The van der Waals surface area contributed by atoms with Crippen LogP contribution in [0.4, 0.5) is 0 Å². The van der Waals surface area contributed by atoms with E-state index in [1.165, 1.54) is 0 Å². The summed E-state index contributed by atoms with van der Waals surface area (Å²) in [6, 6.07) is 4.16. The van der Waals surface area contributed by atoms with Gasteiger partial charge in [0.25, 0.3) is 0 Å². The van der Waals surface area contributed by atoms with E-state index in [-0.39, 0.29) is 11.8 Å². The standard InChI is InChI=1S/C6H6N2/c7-3-5-1-2-6(5)4-8/h5-6H,1-2H2/t5-,6-/m0/s1. The number of rotatable bonds is 0. The van der Waals surface area contributed by atoms with Gasteiger partial charge in [0, 0.05) is 0 Å². The molecule has 0 aromatic heterocycles. The summed E-state index contributed by atoms with van der Waals surface area (Å²) in [4.78, 5) is 0. The maximum Gasteiger partial charge on any atom is 0.0669 e. The van der Waals surface area contributed by atoms with Crippen LogP contribution in [-0.4, -0.2) is 0 Å². The van der Waals surface area contributed by atoms with Gasteiger partial charge in [-0.3, -0.25) is 0 Å². The second-order valence-corrected chi connectivity index (χ2v) is 2.05. The van der Waals surface area contributed by atoms with Gasteiger partial charge in [-0.25, -0.2) is 0 Å². The van der Waals surface area contributed by atoms with Gasteiger partial charge in [0.2, 0.25) is 0 Å². The van der Waals surface area contributed by atoms with Crippen molar-refractivity contribution in [3.63, 3.8) is 0 Å².